The molecule has 2 heterocycles. The number of Topliss-reactive ketones (excluding diaryl/α,β-unsaturated/α-hetero) is 4. The smallest absolute Gasteiger partial charge is 0.214 e. The summed E-state index contributed by atoms with van der Waals surface area (Å²) in [4.78, 5) is 54.6. The van der Waals surface area contributed by atoms with Gasteiger partial charge in [-0.2, -0.15) is 0 Å². The first-order valence-electron chi connectivity index (χ1n) is 12.6. The zero-order chi connectivity index (χ0) is 27.6. The molecule has 4 aromatic rings. The molecule has 1 saturated carbocycles. The first-order valence-corrected chi connectivity index (χ1v) is 12.6. The monoisotopic (exact) mass is 506 g/mol. The Kier molecular flexibility index (Phi) is 5.75. The van der Waals surface area contributed by atoms with Crippen molar-refractivity contribution in [2.75, 3.05) is 0 Å². The van der Waals surface area contributed by atoms with E-state index >= 15 is 0 Å². The molecule has 0 amide bonds. The Balaban J connectivity index is 1.66. The minimum Gasteiger partial charge on any atom is -0.338 e. The third-order valence-corrected chi connectivity index (χ3v) is 7.88. The number of carbonyl (C=O) groups is 4. The molecule has 5 rings (SSSR count). The summed E-state index contributed by atoms with van der Waals surface area (Å²) < 4.78 is 3.83. The lowest BCUT2D eigenvalue weighted by Gasteiger charge is -2.25. The highest BCUT2D eigenvalue weighted by Gasteiger charge is 2.51. The van der Waals surface area contributed by atoms with Gasteiger partial charge in [-0.3, -0.25) is 19.2 Å². The van der Waals surface area contributed by atoms with Crippen LogP contribution in [0, 0.1) is 0 Å². The Morgan fingerprint density at radius 3 is 1.24 bits per heavy atom. The highest BCUT2D eigenvalue weighted by Crippen LogP contribution is 2.40. The van der Waals surface area contributed by atoms with Crippen molar-refractivity contribution in [3.05, 3.63) is 97.4 Å². The molecule has 1 aliphatic carbocycles. The van der Waals surface area contributed by atoms with Crippen LogP contribution in [0.2, 0.25) is 0 Å². The van der Waals surface area contributed by atoms with Crippen molar-refractivity contribution < 1.29 is 19.2 Å². The van der Waals surface area contributed by atoms with Gasteiger partial charge in [0.05, 0.1) is 11.1 Å². The number of fused-ring (bicyclic) bond motifs is 2. The molecule has 0 atom stereocenters. The van der Waals surface area contributed by atoms with Gasteiger partial charge in [-0.15, -0.1) is 13.2 Å². The quantitative estimate of drug-likeness (QED) is 0.194. The minimum atomic E-state index is -1.48. The molecule has 1 fully saturated rings. The largest absolute Gasteiger partial charge is 0.338 e. The minimum absolute atomic E-state index is 0.362. The summed E-state index contributed by atoms with van der Waals surface area (Å²) in [6.07, 6.45) is 6.93. The topological polar surface area (TPSA) is 78.1 Å². The van der Waals surface area contributed by atoms with Crippen LogP contribution in [0.5, 0.6) is 0 Å². The predicted molar refractivity (Wildman–Crippen MR) is 148 cm³/mol. The number of allylic oxidation sites excluding steroid dienone is 2. The number of hydrogen-bond donors (Lipinski definition) is 0. The van der Waals surface area contributed by atoms with Crippen LogP contribution < -0.4 is 0 Å². The fourth-order valence-electron chi connectivity index (χ4n) is 5.39. The van der Waals surface area contributed by atoms with E-state index in [0.717, 1.165) is 11.0 Å². The van der Waals surface area contributed by atoms with E-state index in [2.05, 4.69) is 13.2 Å². The lowest BCUT2D eigenvalue weighted by molar-refractivity contribution is -0.150. The standard InChI is InChI=1S/C32H30N2O4/c1-7-31(3,4)33-17-21(19-13-9-11-15-23(19)33)25-27(35)29(37)26(30(38)28(25)36)22-18-34(32(5,6)8-2)24-16-12-10-14-20(22)24/h7-18,25-26H,1-2H2,3-6H3. The maximum absolute atomic E-state index is 13.7. The lowest BCUT2D eigenvalue weighted by atomic mass is 9.72. The molecule has 2 aromatic heterocycles. The molecule has 38 heavy (non-hydrogen) atoms. The maximum atomic E-state index is 13.7. The van der Waals surface area contributed by atoms with Crippen LogP contribution in [-0.2, 0) is 30.3 Å². The fraction of sp³-hybridized carbons (Fsp3) is 0.250. The molecule has 1 aliphatic rings. The summed E-state index contributed by atoms with van der Waals surface area (Å²) in [7, 11) is 0. The maximum Gasteiger partial charge on any atom is 0.214 e. The van der Waals surface area contributed by atoms with Crippen LogP contribution in [0.4, 0.5) is 0 Å². The SMILES string of the molecule is C=CC(C)(C)n1cc(C2C(=O)C(=O)C(c3cn(C(C)(C)C=C)c4ccccc34)C(=O)C2=O)c2ccccc21. The van der Waals surface area contributed by atoms with E-state index in [0.29, 0.717) is 21.9 Å². The van der Waals surface area contributed by atoms with Crippen LogP contribution in [0.25, 0.3) is 21.8 Å². The van der Waals surface area contributed by atoms with Crippen LogP contribution in [0.15, 0.2) is 86.2 Å². The summed E-state index contributed by atoms with van der Waals surface area (Å²) in [6.45, 7) is 15.6. The van der Waals surface area contributed by atoms with Gasteiger partial charge in [-0.05, 0) is 51.0 Å². The molecule has 192 valence electrons. The van der Waals surface area contributed by atoms with Gasteiger partial charge in [-0.1, -0.05) is 48.6 Å². The van der Waals surface area contributed by atoms with Crippen LogP contribution in [-0.4, -0.2) is 32.3 Å². The van der Waals surface area contributed by atoms with Gasteiger partial charge >= 0.3 is 0 Å². The number of nitrogens with zero attached hydrogens (tertiary/aromatic N) is 2. The van der Waals surface area contributed by atoms with Crippen molar-refractivity contribution in [3.63, 3.8) is 0 Å². The fourth-order valence-corrected chi connectivity index (χ4v) is 5.39. The number of benzene rings is 2. The van der Waals surface area contributed by atoms with Gasteiger partial charge < -0.3 is 9.13 Å². The molecule has 0 N–H and O–H groups in total. The van der Waals surface area contributed by atoms with Crippen LogP contribution in [0.1, 0.15) is 50.7 Å². The van der Waals surface area contributed by atoms with Crippen molar-refractivity contribution in [3.8, 4) is 0 Å². The molecule has 0 spiro atoms. The molecule has 0 unspecified atom stereocenters. The highest BCUT2D eigenvalue weighted by atomic mass is 16.2. The van der Waals surface area contributed by atoms with E-state index in [1.165, 1.54) is 0 Å². The second-order valence-electron chi connectivity index (χ2n) is 11.0. The molecule has 6 heteroatoms. The number of para-hydroxylation sites is 2. The zero-order valence-corrected chi connectivity index (χ0v) is 22.0. The van der Waals surface area contributed by atoms with E-state index in [9.17, 15) is 19.2 Å². The van der Waals surface area contributed by atoms with Gasteiger partial charge in [0, 0.05) is 34.2 Å². The van der Waals surface area contributed by atoms with Crippen molar-refractivity contribution >= 4 is 44.9 Å². The molecular weight excluding hydrogens is 476 g/mol. The van der Waals surface area contributed by atoms with Gasteiger partial charge in [0.1, 0.15) is 11.8 Å². The molecule has 0 radical (unpaired) electrons. The Hall–Kier alpha value is -4.32. The molecule has 6 nitrogen and oxygen atoms in total. The van der Waals surface area contributed by atoms with E-state index in [1.807, 2.05) is 61.1 Å². The summed E-state index contributed by atoms with van der Waals surface area (Å²) in [5.74, 6) is -6.40. The van der Waals surface area contributed by atoms with Crippen LogP contribution in [0.3, 0.4) is 0 Å². The number of aromatic nitrogens is 2. The molecule has 0 saturated heterocycles. The average Bonchev–Trinajstić information content (AvgIpc) is 3.49. The third-order valence-electron chi connectivity index (χ3n) is 7.88. The highest BCUT2D eigenvalue weighted by molar-refractivity contribution is 6.64. The molecule has 2 aromatic carbocycles. The van der Waals surface area contributed by atoms with Crippen molar-refractivity contribution in [2.24, 2.45) is 0 Å². The normalized spacial score (nSPS) is 18.9. The van der Waals surface area contributed by atoms with Crippen molar-refractivity contribution in [1.82, 2.24) is 9.13 Å². The first-order chi connectivity index (χ1) is 17.9. The van der Waals surface area contributed by atoms with E-state index in [4.69, 9.17) is 0 Å². The molecule has 0 bridgehead atoms. The average molecular weight is 507 g/mol. The number of carbonyl (C=O) groups excluding carboxylic acids is 4. The Morgan fingerprint density at radius 1 is 0.605 bits per heavy atom. The molecule has 0 aliphatic heterocycles. The van der Waals surface area contributed by atoms with Gasteiger partial charge in [0.15, 0.2) is 0 Å². The first kappa shape index (κ1) is 25.3. The van der Waals surface area contributed by atoms with E-state index in [1.54, 1.807) is 48.8 Å². The van der Waals surface area contributed by atoms with E-state index in [-0.39, 0.29) is 0 Å². The third kappa shape index (κ3) is 3.55. The lowest BCUT2D eigenvalue weighted by Crippen LogP contribution is -2.46. The summed E-state index contributed by atoms with van der Waals surface area (Å²) in [6, 6.07) is 14.7. The summed E-state index contributed by atoms with van der Waals surface area (Å²) >= 11 is 0. The Morgan fingerprint density at radius 2 is 0.921 bits per heavy atom. The van der Waals surface area contributed by atoms with Gasteiger partial charge in [0.25, 0.3) is 0 Å². The van der Waals surface area contributed by atoms with E-state index < -0.39 is 46.0 Å². The number of rotatable bonds is 6. The van der Waals surface area contributed by atoms with Crippen molar-refractivity contribution in [2.45, 2.75) is 50.6 Å². The Bertz CT molecular complexity index is 1540. The van der Waals surface area contributed by atoms with Gasteiger partial charge in [0.2, 0.25) is 23.1 Å². The summed E-state index contributed by atoms with van der Waals surface area (Å²) in [5, 5.41) is 1.30. The second-order valence-corrected chi connectivity index (χ2v) is 11.0. The predicted octanol–water partition coefficient (Wildman–Crippen LogP) is 5.60. The van der Waals surface area contributed by atoms with Gasteiger partial charge in [-0.25, -0.2) is 0 Å². The zero-order valence-electron chi connectivity index (χ0n) is 22.0. The number of hydrogen-bond acceptors (Lipinski definition) is 4. The molecular formula is C32H30N2O4. The second kappa shape index (κ2) is 8.62. The number of ketones is 4. The van der Waals surface area contributed by atoms with Crippen molar-refractivity contribution in [1.29, 1.82) is 0 Å². The summed E-state index contributed by atoms with van der Waals surface area (Å²) in [5.41, 5.74) is 1.22. The van der Waals surface area contributed by atoms with Crippen LogP contribution >= 0.6 is 0 Å². The Labute approximate surface area is 221 Å².